The van der Waals surface area contributed by atoms with Gasteiger partial charge in [0.1, 0.15) is 11.5 Å². The van der Waals surface area contributed by atoms with Crippen molar-refractivity contribution >= 4 is 11.6 Å². The molecule has 0 bridgehead atoms. The molecule has 0 spiro atoms. The molecule has 0 atom stereocenters. The number of nitrogens with one attached hydrogen (secondary N) is 1. The van der Waals surface area contributed by atoms with Crippen LogP contribution < -0.4 is 5.32 Å². The highest BCUT2D eigenvalue weighted by Gasteiger charge is 2.07. The third kappa shape index (κ3) is 2.90. The molecule has 0 saturated heterocycles. The van der Waals surface area contributed by atoms with Gasteiger partial charge in [0.25, 0.3) is 0 Å². The summed E-state index contributed by atoms with van der Waals surface area (Å²) >= 11 is 5.95. The van der Waals surface area contributed by atoms with E-state index in [-0.39, 0.29) is 0 Å². The Balaban J connectivity index is 2.04. The minimum Gasteiger partial charge on any atom is -0.463 e. The normalized spacial score (nSPS) is 11.0. The zero-order valence-corrected chi connectivity index (χ0v) is 10.8. The number of furan rings is 1. The quantitative estimate of drug-likeness (QED) is 0.891. The molecule has 2 aromatic rings. The Kier molecular flexibility index (Phi) is 3.86. The predicted octanol–water partition coefficient (Wildman–Crippen LogP) is 2.60. The van der Waals surface area contributed by atoms with E-state index in [0.717, 1.165) is 30.3 Å². The fourth-order valence-corrected chi connectivity index (χ4v) is 1.72. The van der Waals surface area contributed by atoms with E-state index in [9.17, 15) is 0 Å². The third-order valence-electron chi connectivity index (χ3n) is 2.62. The highest BCUT2D eigenvalue weighted by Crippen LogP contribution is 2.16. The Morgan fingerprint density at radius 3 is 2.82 bits per heavy atom. The Bertz CT molecular complexity index is 490. The minimum absolute atomic E-state index is 0.616. The molecule has 5 heteroatoms. The first-order valence-electron chi connectivity index (χ1n) is 5.67. The van der Waals surface area contributed by atoms with Crippen LogP contribution in [0.2, 0.25) is 5.02 Å². The second-order valence-corrected chi connectivity index (χ2v) is 4.29. The summed E-state index contributed by atoms with van der Waals surface area (Å²) in [6.45, 7) is 6.32. The van der Waals surface area contributed by atoms with Gasteiger partial charge in [0.15, 0.2) is 0 Å². The molecule has 0 unspecified atom stereocenters. The highest BCUT2D eigenvalue weighted by molar-refractivity contribution is 6.31. The van der Waals surface area contributed by atoms with E-state index in [0.29, 0.717) is 11.6 Å². The van der Waals surface area contributed by atoms with Crippen LogP contribution in [-0.2, 0) is 13.1 Å². The second kappa shape index (κ2) is 5.38. The molecule has 2 aromatic heterocycles. The molecule has 4 nitrogen and oxygen atoms in total. The van der Waals surface area contributed by atoms with Crippen LogP contribution in [0.25, 0.3) is 0 Å². The Morgan fingerprint density at radius 1 is 1.41 bits per heavy atom. The molecule has 0 fully saturated rings. The van der Waals surface area contributed by atoms with Crippen molar-refractivity contribution in [2.45, 2.75) is 26.9 Å². The largest absolute Gasteiger partial charge is 0.463 e. The van der Waals surface area contributed by atoms with Crippen LogP contribution in [0.3, 0.4) is 0 Å². The number of hydrogen-bond donors (Lipinski definition) is 1. The molecule has 1 N–H and O–H groups in total. The van der Waals surface area contributed by atoms with Crippen LogP contribution >= 0.6 is 11.6 Å². The Hall–Kier alpha value is -1.26. The lowest BCUT2D eigenvalue weighted by Gasteiger charge is -2.02. The molecule has 0 radical (unpaired) electrons. The van der Waals surface area contributed by atoms with Gasteiger partial charge in [-0.25, -0.2) is 0 Å². The zero-order chi connectivity index (χ0) is 12.3. The van der Waals surface area contributed by atoms with E-state index in [2.05, 4.69) is 17.3 Å². The first kappa shape index (κ1) is 12.2. The maximum Gasteiger partial charge on any atom is 0.125 e. The van der Waals surface area contributed by atoms with Gasteiger partial charge >= 0.3 is 0 Å². The molecule has 92 valence electrons. The topological polar surface area (TPSA) is 43.0 Å². The molecule has 0 aliphatic heterocycles. The van der Waals surface area contributed by atoms with Gasteiger partial charge in [-0.2, -0.15) is 5.10 Å². The molecule has 0 amide bonds. The molecule has 0 aromatic carbocycles. The monoisotopic (exact) mass is 253 g/mol. The van der Waals surface area contributed by atoms with Crippen LogP contribution in [0.15, 0.2) is 22.7 Å². The average molecular weight is 254 g/mol. The van der Waals surface area contributed by atoms with Crippen LogP contribution in [0.5, 0.6) is 0 Å². The van der Waals surface area contributed by atoms with Crippen molar-refractivity contribution in [3.63, 3.8) is 0 Å². The molecular weight excluding hydrogens is 238 g/mol. The van der Waals surface area contributed by atoms with Crippen LogP contribution in [0, 0.1) is 6.92 Å². The van der Waals surface area contributed by atoms with E-state index in [1.54, 1.807) is 6.20 Å². The van der Waals surface area contributed by atoms with Crippen molar-refractivity contribution in [3.05, 3.63) is 40.6 Å². The standard InChI is InChI=1S/C12H16ClN3O/c1-3-14-6-10-4-5-11(17-10)8-16-9(2)12(13)7-15-16/h4-5,7,14H,3,6,8H2,1-2H3. The van der Waals surface area contributed by atoms with Gasteiger partial charge < -0.3 is 9.73 Å². The zero-order valence-electron chi connectivity index (χ0n) is 10.0. The highest BCUT2D eigenvalue weighted by atomic mass is 35.5. The van der Waals surface area contributed by atoms with E-state index >= 15 is 0 Å². The first-order chi connectivity index (χ1) is 8.20. The van der Waals surface area contributed by atoms with Crippen molar-refractivity contribution in [3.8, 4) is 0 Å². The van der Waals surface area contributed by atoms with E-state index in [4.69, 9.17) is 16.0 Å². The van der Waals surface area contributed by atoms with E-state index in [1.807, 2.05) is 23.7 Å². The van der Waals surface area contributed by atoms with Crippen molar-refractivity contribution in [1.29, 1.82) is 0 Å². The maximum atomic E-state index is 5.95. The lowest BCUT2D eigenvalue weighted by Crippen LogP contribution is -2.10. The summed E-state index contributed by atoms with van der Waals surface area (Å²) in [5.74, 6) is 1.83. The molecule has 2 rings (SSSR count). The lowest BCUT2D eigenvalue weighted by molar-refractivity contribution is 0.430. The van der Waals surface area contributed by atoms with Gasteiger partial charge in [0.05, 0.1) is 30.0 Å². The van der Waals surface area contributed by atoms with Gasteiger partial charge in [-0.3, -0.25) is 4.68 Å². The Labute approximate surface area is 106 Å². The van der Waals surface area contributed by atoms with Crippen molar-refractivity contribution in [2.75, 3.05) is 6.54 Å². The summed E-state index contributed by atoms with van der Waals surface area (Å²) in [6.07, 6.45) is 1.65. The van der Waals surface area contributed by atoms with Gasteiger partial charge in [0, 0.05) is 0 Å². The molecule has 0 aliphatic carbocycles. The Morgan fingerprint density at radius 2 is 2.18 bits per heavy atom. The maximum absolute atomic E-state index is 5.95. The van der Waals surface area contributed by atoms with Crippen LogP contribution in [0.4, 0.5) is 0 Å². The minimum atomic E-state index is 0.616. The number of halogens is 1. The molecular formula is C12H16ClN3O. The van der Waals surface area contributed by atoms with Crippen molar-refractivity contribution < 1.29 is 4.42 Å². The fraction of sp³-hybridized carbons (Fsp3) is 0.417. The number of nitrogens with zero attached hydrogens (tertiary/aromatic N) is 2. The predicted molar refractivity (Wildman–Crippen MR) is 67.2 cm³/mol. The van der Waals surface area contributed by atoms with E-state index < -0.39 is 0 Å². The lowest BCUT2D eigenvalue weighted by atomic mass is 10.4. The van der Waals surface area contributed by atoms with Gasteiger partial charge in [-0.15, -0.1) is 0 Å². The summed E-state index contributed by atoms with van der Waals surface area (Å²) in [4.78, 5) is 0. The average Bonchev–Trinajstić information content (AvgIpc) is 2.89. The van der Waals surface area contributed by atoms with Gasteiger partial charge in [0.2, 0.25) is 0 Å². The van der Waals surface area contributed by atoms with Crippen LogP contribution in [0.1, 0.15) is 24.1 Å². The van der Waals surface area contributed by atoms with E-state index in [1.165, 1.54) is 0 Å². The summed E-state index contributed by atoms with van der Waals surface area (Å²) in [5, 5.41) is 8.10. The number of rotatable bonds is 5. The summed E-state index contributed by atoms with van der Waals surface area (Å²) in [6, 6.07) is 3.96. The third-order valence-corrected chi connectivity index (χ3v) is 2.99. The molecule has 2 heterocycles. The summed E-state index contributed by atoms with van der Waals surface area (Å²) < 4.78 is 7.52. The van der Waals surface area contributed by atoms with Crippen LogP contribution in [-0.4, -0.2) is 16.3 Å². The van der Waals surface area contributed by atoms with Gasteiger partial charge in [-0.05, 0) is 25.6 Å². The first-order valence-corrected chi connectivity index (χ1v) is 6.04. The number of hydrogen-bond acceptors (Lipinski definition) is 3. The molecule has 0 aliphatic rings. The number of aromatic nitrogens is 2. The molecule has 0 saturated carbocycles. The smallest absolute Gasteiger partial charge is 0.125 e. The molecule has 17 heavy (non-hydrogen) atoms. The summed E-state index contributed by atoms with van der Waals surface area (Å²) in [5.41, 5.74) is 0.955. The van der Waals surface area contributed by atoms with Crippen molar-refractivity contribution in [2.24, 2.45) is 0 Å². The van der Waals surface area contributed by atoms with Crippen molar-refractivity contribution in [1.82, 2.24) is 15.1 Å². The summed E-state index contributed by atoms with van der Waals surface area (Å²) in [7, 11) is 0. The second-order valence-electron chi connectivity index (χ2n) is 3.88. The fourth-order valence-electron chi connectivity index (χ4n) is 1.58. The SMILES string of the molecule is CCNCc1ccc(Cn2ncc(Cl)c2C)o1. The van der Waals surface area contributed by atoms with Gasteiger partial charge in [-0.1, -0.05) is 18.5 Å².